The summed E-state index contributed by atoms with van der Waals surface area (Å²) in [6.07, 6.45) is 0. The van der Waals surface area contributed by atoms with Crippen LogP contribution in [0, 0.1) is 0 Å². The Morgan fingerprint density at radius 1 is 1.33 bits per heavy atom. The molecule has 1 aliphatic rings. The van der Waals surface area contributed by atoms with Crippen LogP contribution in [-0.2, 0) is 17.8 Å². The van der Waals surface area contributed by atoms with Crippen molar-refractivity contribution in [2.75, 3.05) is 40.5 Å². The number of morpholine rings is 1. The van der Waals surface area contributed by atoms with Crippen LogP contribution >= 0.6 is 34.5 Å². The van der Waals surface area contributed by atoms with Gasteiger partial charge in [-0.05, 0) is 12.1 Å². The maximum absolute atomic E-state index is 12.9. The van der Waals surface area contributed by atoms with E-state index in [4.69, 9.17) is 32.7 Å². The minimum absolute atomic E-state index is 0.262. The molecule has 1 amide bonds. The predicted octanol–water partition coefficient (Wildman–Crippen LogP) is 3.56. The monoisotopic (exact) mass is 429 g/mol. The molecule has 0 saturated carbocycles. The van der Waals surface area contributed by atoms with Crippen LogP contribution < -0.4 is 4.74 Å². The number of ether oxygens (including phenoxy) is 2. The van der Waals surface area contributed by atoms with Crippen molar-refractivity contribution >= 4 is 40.4 Å². The average Bonchev–Trinajstić information content (AvgIpc) is 3.10. The molecule has 6 nitrogen and oxygen atoms in total. The Labute approximate surface area is 172 Å². The van der Waals surface area contributed by atoms with Crippen LogP contribution in [0.1, 0.15) is 21.1 Å². The van der Waals surface area contributed by atoms with Gasteiger partial charge < -0.3 is 14.4 Å². The highest BCUT2D eigenvalue weighted by Crippen LogP contribution is 2.34. The summed E-state index contributed by atoms with van der Waals surface area (Å²) >= 11 is 13.9. The van der Waals surface area contributed by atoms with Crippen LogP contribution in [0.15, 0.2) is 17.5 Å². The number of benzene rings is 1. The number of carbonyl (C=O) groups excluding carboxylic acids is 1. The molecule has 1 aromatic heterocycles. The fourth-order valence-electron chi connectivity index (χ4n) is 2.88. The van der Waals surface area contributed by atoms with Crippen LogP contribution in [0.4, 0.5) is 0 Å². The maximum Gasteiger partial charge on any atom is 0.259 e. The lowest BCUT2D eigenvalue weighted by Gasteiger charge is -2.25. The second-order valence-corrected chi connectivity index (χ2v) is 7.98. The van der Waals surface area contributed by atoms with Crippen molar-refractivity contribution in [1.29, 1.82) is 0 Å². The second kappa shape index (κ2) is 9.21. The summed E-state index contributed by atoms with van der Waals surface area (Å²) in [6, 6.07) is 3.20. The fraction of sp³-hybridized carbons (Fsp3) is 0.444. The van der Waals surface area contributed by atoms with Gasteiger partial charge in [0.1, 0.15) is 10.6 Å². The Bertz CT molecular complexity index is 809. The number of rotatable bonds is 6. The Hall–Kier alpha value is -1.38. The molecule has 0 bridgehead atoms. The van der Waals surface area contributed by atoms with Crippen LogP contribution in [0.3, 0.4) is 0 Å². The van der Waals surface area contributed by atoms with Crippen LogP contribution in [0.2, 0.25) is 10.0 Å². The Morgan fingerprint density at radius 2 is 2.04 bits per heavy atom. The topological polar surface area (TPSA) is 54.9 Å². The molecule has 3 rings (SSSR count). The lowest BCUT2D eigenvalue weighted by atomic mass is 10.1. The minimum atomic E-state index is -0.262. The first-order valence-corrected chi connectivity index (χ1v) is 10.1. The summed E-state index contributed by atoms with van der Waals surface area (Å²) in [7, 11) is 3.17. The van der Waals surface area contributed by atoms with Crippen molar-refractivity contribution in [2.24, 2.45) is 0 Å². The Morgan fingerprint density at radius 3 is 2.74 bits per heavy atom. The van der Waals surface area contributed by atoms with E-state index in [1.807, 2.05) is 5.38 Å². The number of nitrogens with zero attached hydrogens (tertiary/aromatic N) is 3. The second-order valence-electron chi connectivity index (χ2n) is 6.22. The van der Waals surface area contributed by atoms with Gasteiger partial charge in [-0.2, -0.15) is 0 Å². The van der Waals surface area contributed by atoms with Gasteiger partial charge in [-0.3, -0.25) is 9.69 Å². The number of methoxy groups -OCH3 is 1. The summed E-state index contributed by atoms with van der Waals surface area (Å²) < 4.78 is 10.6. The molecular weight excluding hydrogens is 409 g/mol. The van der Waals surface area contributed by atoms with Crippen molar-refractivity contribution in [1.82, 2.24) is 14.8 Å². The van der Waals surface area contributed by atoms with Gasteiger partial charge in [0, 0.05) is 25.5 Å². The van der Waals surface area contributed by atoms with E-state index in [0.29, 0.717) is 16.6 Å². The van der Waals surface area contributed by atoms with E-state index in [-0.39, 0.29) is 17.2 Å². The first-order chi connectivity index (χ1) is 13.0. The summed E-state index contributed by atoms with van der Waals surface area (Å²) in [5.41, 5.74) is 1.11. The number of aromatic nitrogens is 1. The molecule has 27 heavy (non-hydrogen) atoms. The summed E-state index contributed by atoms with van der Waals surface area (Å²) in [4.78, 5) is 21.4. The lowest BCUT2D eigenvalue weighted by molar-refractivity contribution is 0.0341. The molecule has 0 atom stereocenters. The van der Waals surface area contributed by atoms with Crippen LogP contribution in [-0.4, -0.2) is 61.2 Å². The fourth-order valence-corrected chi connectivity index (χ4v) is 4.17. The van der Waals surface area contributed by atoms with E-state index in [1.165, 1.54) is 7.11 Å². The molecule has 0 spiro atoms. The normalized spacial score (nSPS) is 15.0. The molecular formula is C18H21Cl2N3O3S. The van der Waals surface area contributed by atoms with Crippen LogP contribution in [0.25, 0.3) is 0 Å². The van der Waals surface area contributed by atoms with Crippen molar-refractivity contribution in [3.05, 3.63) is 43.8 Å². The first-order valence-electron chi connectivity index (χ1n) is 8.50. The molecule has 0 N–H and O–H groups in total. The van der Waals surface area contributed by atoms with Gasteiger partial charge >= 0.3 is 0 Å². The third-order valence-corrected chi connectivity index (χ3v) is 5.78. The van der Waals surface area contributed by atoms with E-state index in [9.17, 15) is 4.79 Å². The van der Waals surface area contributed by atoms with Crippen molar-refractivity contribution < 1.29 is 14.3 Å². The van der Waals surface area contributed by atoms with Crippen molar-refractivity contribution in [3.63, 3.8) is 0 Å². The van der Waals surface area contributed by atoms with Gasteiger partial charge in [0.15, 0.2) is 5.75 Å². The molecule has 2 aromatic rings. The van der Waals surface area contributed by atoms with Gasteiger partial charge in [-0.15, -0.1) is 11.3 Å². The number of amides is 1. The largest absolute Gasteiger partial charge is 0.494 e. The zero-order valence-electron chi connectivity index (χ0n) is 15.2. The Balaban J connectivity index is 1.68. The molecule has 0 aliphatic carbocycles. The molecule has 1 saturated heterocycles. The molecule has 2 heterocycles. The zero-order chi connectivity index (χ0) is 19.4. The predicted molar refractivity (Wildman–Crippen MR) is 107 cm³/mol. The first kappa shape index (κ1) is 20.4. The molecule has 0 radical (unpaired) electrons. The molecule has 1 aliphatic heterocycles. The number of carbonyl (C=O) groups is 1. The molecule has 0 unspecified atom stereocenters. The molecule has 9 heteroatoms. The summed E-state index contributed by atoms with van der Waals surface area (Å²) in [5.74, 6) is 0.0226. The highest BCUT2D eigenvalue weighted by Gasteiger charge is 2.23. The number of hydrogen-bond acceptors (Lipinski definition) is 6. The van der Waals surface area contributed by atoms with E-state index in [1.54, 1.807) is 35.4 Å². The lowest BCUT2D eigenvalue weighted by Crippen LogP contribution is -2.35. The Kier molecular flexibility index (Phi) is 6.94. The maximum atomic E-state index is 12.9. The van der Waals surface area contributed by atoms with Gasteiger partial charge in [-0.1, -0.05) is 23.2 Å². The van der Waals surface area contributed by atoms with Gasteiger partial charge in [0.25, 0.3) is 5.91 Å². The standard InChI is InChI=1S/C18H21Cl2N3O3S/c1-22(18(24)16-13(19)3-4-14(20)17(16)25-2)9-12-11-27-15(21-12)10-23-5-7-26-8-6-23/h3-4,11H,5-10H2,1-2H3. The van der Waals surface area contributed by atoms with Crippen molar-refractivity contribution in [2.45, 2.75) is 13.1 Å². The zero-order valence-corrected chi connectivity index (χ0v) is 17.5. The van der Waals surface area contributed by atoms with Crippen LogP contribution in [0.5, 0.6) is 5.75 Å². The molecule has 146 valence electrons. The molecule has 1 fully saturated rings. The van der Waals surface area contributed by atoms with Gasteiger partial charge in [-0.25, -0.2) is 4.98 Å². The number of thiazole rings is 1. The highest BCUT2D eigenvalue weighted by molar-refractivity contribution is 7.09. The van der Waals surface area contributed by atoms with Gasteiger partial charge in [0.05, 0.1) is 49.2 Å². The van der Waals surface area contributed by atoms with E-state index < -0.39 is 0 Å². The van der Waals surface area contributed by atoms with Gasteiger partial charge in [0.2, 0.25) is 0 Å². The van der Waals surface area contributed by atoms with E-state index in [2.05, 4.69) is 9.88 Å². The number of hydrogen-bond donors (Lipinski definition) is 0. The third kappa shape index (κ3) is 4.92. The third-order valence-electron chi connectivity index (χ3n) is 4.28. The van der Waals surface area contributed by atoms with E-state index >= 15 is 0 Å². The minimum Gasteiger partial charge on any atom is -0.494 e. The van der Waals surface area contributed by atoms with E-state index in [0.717, 1.165) is 43.5 Å². The average molecular weight is 430 g/mol. The summed E-state index contributed by atoms with van der Waals surface area (Å²) in [5, 5.41) is 3.67. The summed E-state index contributed by atoms with van der Waals surface area (Å²) in [6.45, 7) is 4.54. The quantitative estimate of drug-likeness (QED) is 0.702. The SMILES string of the molecule is COc1c(Cl)ccc(Cl)c1C(=O)N(C)Cc1csc(CN2CCOCC2)n1. The highest BCUT2D eigenvalue weighted by atomic mass is 35.5. The number of halogens is 2. The molecule has 1 aromatic carbocycles. The van der Waals surface area contributed by atoms with Crippen molar-refractivity contribution in [3.8, 4) is 5.75 Å². The smallest absolute Gasteiger partial charge is 0.259 e.